The van der Waals surface area contributed by atoms with E-state index in [1.54, 1.807) is 22.7 Å². The van der Waals surface area contributed by atoms with Gasteiger partial charge < -0.3 is 10.1 Å². The zero-order valence-corrected chi connectivity index (χ0v) is 16.5. The molecule has 2 rings (SSSR count). The molecule has 0 radical (unpaired) electrons. The standard InChI is InChI=1S/C19H27FN2O3S/c1-12(2)8-17-22(16(11-26-17)18(23)25-10-13(3)4)19(24)21-15-7-5-6-14(20)9-15/h5-7,9,12-13,16-17H,8,10-11H2,1-4H3,(H,21,24). The first-order valence-electron chi connectivity index (χ1n) is 8.91. The second-order valence-corrected chi connectivity index (χ2v) is 8.52. The van der Waals surface area contributed by atoms with Crippen molar-refractivity contribution in [3.63, 3.8) is 0 Å². The van der Waals surface area contributed by atoms with Gasteiger partial charge in [-0.2, -0.15) is 0 Å². The Morgan fingerprint density at radius 3 is 2.65 bits per heavy atom. The van der Waals surface area contributed by atoms with E-state index in [-0.39, 0.29) is 17.3 Å². The zero-order chi connectivity index (χ0) is 19.3. The average molecular weight is 383 g/mol. The van der Waals surface area contributed by atoms with Gasteiger partial charge in [-0.1, -0.05) is 33.8 Å². The highest BCUT2D eigenvalue weighted by Gasteiger charge is 2.42. The van der Waals surface area contributed by atoms with E-state index in [4.69, 9.17) is 4.74 Å². The first-order valence-corrected chi connectivity index (χ1v) is 9.96. The number of amides is 2. The molecule has 1 heterocycles. The number of benzene rings is 1. The number of hydrogen-bond donors (Lipinski definition) is 1. The molecule has 5 nitrogen and oxygen atoms in total. The maximum absolute atomic E-state index is 13.4. The Kier molecular flexibility index (Phi) is 7.32. The summed E-state index contributed by atoms with van der Waals surface area (Å²) in [4.78, 5) is 26.9. The molecule has 144 valence electrons. The number of carbonyl (C=O) groups excluding carboxylic acids is 2. The number of thioether (sulfide) groups is 1. The number of ether oxygens (including phenoxy) is 1. The topological polar surface area (TPSA) is 58.6 Å². The number of hydrogen-bond acceptors (Lipinski definition) is 4. The molecule has 1 aliphatic rings. The molecule has 0 aliphatic carbocycles. The number of rotatable bonds is 6. The molecule has 1 aromatic rings. The van der Waals surface area contributed by atoms with Crippen LogP contribution in [-0.2, 0) is 9.53 Å². The normalized spacial score (nSPS) is 19.9. The number of esters is 1. The van der Waals surface area contributed by atoms with Crippen molar-refractivity contribution in [2.75, 3.05) is 17.7 Å². The van der Waals surface area contributed by atoms with Crippen LogP contribution >= 0.6 is 11.8 Å². The number of halogens is 1. The molecular weight excluding hydrogens is 355 g/mol. The Morgan fingerprint density at radius 1 is 1.31 bits per heavy atom. The molecular formula is C19H27FN2O3S. The molecule has 0 spiro atoms. The Morgan fingerprint density at radius 2 is 2.04 bits per heavy atom. The lowest BCUT2D eigenvalue weighted by Gasteiger charge is -2.29. The van der Waals surface area contributed by atoms with Crippen molar-refractivity contribution in [3.05, 3.63) is 30.1 Å². The Hall–Kier alpha value is -1.76. The van der Waals surface area contributed by atoms with Gasteiger partial charge in [-0.25, -0.2) is 14.0 Å². The predicted octanol–water partition coefficient (Wildman–Crippen LogP) is 4.35. The van der Waals surface area contributed by atoms with Crippen LogP contribution in [0.4, 0.5) is 14.9 Å². The molecule has 1 aromatic carbocycles. The van der Waals surface area contributed by atoms with Crippen molar-refractivity contribution in [2.45, 2.75) is 45.5 Å². The van der Waals surface area contributed by atoms with Gasteiger partial charge in [0.15, 0.2) is 0 Å². The van der Waals surface area contributed by atoms with Gasteiger partial charge >= 0.3 is 12.0 Å². The minimum atomic E-state index is -0.629. The Bertz CT molecular complexity index is 639. The van der Waals surface area contributed by atoms with Crippen molar-refractivity contribution < 1.29 is 18.7 Å². The molecule has 0 saturated carbocycles. The lowest BCUT2D eigenvalue weighted by atomic mass is 10.1. The van der Waals surface area contributed by atoms with Gasteiger partial charge in [-0.15, -0.1) is 11.8 Å². The van der Waals surface area contributed by atoms with Gasteiger partial charge in [-0.3, -0.25) is 4.90 Å². The highest BCUT2D eigenvalue weighted by atomic mass is 32.2. The maximum atomic E-state index is 13.4. The summed E-state index contributed by atoms with van der Waals surface area (Å²) in [6.07, 6.45) is 0.773. The molecule has 2 unspecified atom stereocenters. The van der Waals surface area contributed by atoms with Gasteiger partial charge in [0.05, 0.1) is 12.0 Å². The van der Waals surface area contributed by atoms with Crippen LogP contribution in [0.5, 0.6) is 0 Å². The Labute approximate surface area is 158 Å². The summed E-state index contributed by atoms with van der Waals surface area (Å²) in [7, 11) is 0. The summed E-state index contributed by atoms with van der Waals surface area (Å²) in [6, 6.07) is 4.69. The fourth-order valence-corrected chi connectivity index (χ4v) is 4.33. The molecule has 1 aliphatic heterocycles. The second-order valence-electron chi connectivity index (χ2n) is 7.30. The molecule has 0 aromatic heterocycles. The van der Waals surface area contributed by atoms with Crippen molar-refractivity contribution in [1.82, 2.24) is 4.90 Å². The van der Waals surface area contributed by atoms with Crippen molar-refractivity contribution >= 4 is 29.4 Å². The smallest absolute Gasteiger partial charge is 0.329 e. The number of nitrogens with one attached hydrogen (secondary N) is 1. The summed E-state index contributed by atoms with van der Waals surface area (Å²) >= 11 is 1.58. The lowest BCUT2D eigenvalue weighted by molar-refractivity contribution is -0.149. The quantitative estimate of drug-likeness (QED) is 0.743. The number of nitrogens with zero attached hydrogens (tertiary/aromatic N) is 1. The van der Waals surface area contributed by atoms with Crippen molar-refractivity contribution in [3.8, 4) is 0 Å². The highest BCUT2D eigenvalue weighted by molar-refractivity contribution is 8.00. The van der Waals surface area contributed by atoms with Crippen LogP contribution in [0.1, 0.15) is 34.1 Å². The van der Waals surface area contributed by atoms with Crippen LogP contribution < -0.4 is 5.32 Å². The van der Waals surface area contributed by atoms with E-state index in [1.165, 1.54) is 18.2 Å². The van der Waals surface area contributed by atoms with Gasteiger partial charge in [-0.05, 0) is 36.5 Å². The van der Waals surface area contributed by atoms with Crippen molar-refractivity contribution in [2.24, 2.45) is 11.8 Å². The number of carbonyl (C=O) groups is 2. The molecule has 0 bridgehead atoms. The third-order valence-electron chi connectivity index (χ3n) is 3.91. The predicted molar refractivity (Wildman–Crippen MR) is 103 cm³/mol. The largest absolute Gasteiger partial charge is 0.464 e. The van der Waals surface area contributed by atoms with Gasteiger partial charge in [0.2, 0.25) is 0 Å². The summed E-state index contributed by atoms with van der Waals surface area (Å²) < 4.78 is 18.7. The van der Waals surface area contributed by atoms with E-state index >= 15 is 0 Å². The van der Waals surface area contributed by atoms with Crippen LogP contribution in [0.3, 0.4) is 0 Å². The molecule has 26 heavy (non-hydrogen) atoms. The SMILES string of the molecule is CC(C)COC(=O)C1CSC(CC(C)C)N1C(=O)Nc1cccc(F)c1. The van der Waals surface area contributed by atoms with Gasteiger partial charge in [0.1, 0.15) is 11.9 Å². The van der Waals surface area contributed by atoms with E-state index in [0.29, 0.717) is 24.0 Å². The fraction of sp³-hybridized carbons (Fsp3) is 0.579. The molecule has 2 atom stereocenters. The van der Waals surface area contributed by atoms with Crippen LogP contribution in [0.25, 0.3) is 0 Å². The van der Waals surface area contributed by atoms with Crippen LogP contribution in [0.2, 0.25) is 0 Å². The van der Waals surface area contributed by atoms with Crippen LogP contribution in [-0.4, -0.2) is 40.7 Å². The minimum Gasteiger partial charge on any atom is -0.464 e. The van der Waals surface area contributed by atoms with Crippen LogP contribution in [0.15, 0.2) is 24.3 Å². The third-order valence-corrected chi connectivity index (χ3v) is 5.22. The summed E-state index contributed by atoms with van der Waals surface area (Å²) in [5, 5.41) is 2.59. The lowest BCUT2D eigenvalue weighted by Crippen LogP contribution is -2.48. The van der Waals surface area contributed by atoms with Gasteiger partial charge in [0, 0.05) is 11.4 Å². The second kappa shape index (κ2) is 9.26. The van der Waals surface area contributed by atoms with Gasteiger partial charge in [0.25, 0.3) is 0 Å². The fourth-order valence-electron chi connectivity index (χ4n) is 2.70. The van der Waals surface area contributed by atoms with E-state index in [1.807, 2.05) is 13.8 Å². The first-order chi connectivity index (χ1) is 12.3. The average Bonchev–Trinajstić information content (AvgIpc) is 2.95. The number of anilines is 1. The van der Waals surface area contributed by atoms with E-state index in [9.17, 15) is 14.0 Å². The molecule has 2 amide bonds. The summed E-state index contributed by atoms with van der Waals surface area (Å²) in [5.74, 6) is 0.304. The highest BCUT2D eigenvalue weighted by Crippen LogP contribution is 2.34. The van der Waals surface area contributed by atoms with E-state index < -0.39 is 17.9 Å². The van der Waals surface area contributed by atoms with Crippen molar-refractivity contribution in [1.29, 1.82) is 0 Å². The summed E-state index contributed by atoms with van der Waals surface area (Å²) in [6.45, 7) is 8.41. The molecule has 1 N–H and O–H groups in total. The number of urea groups is 1. The zero-order valence-electron chi connectivity index (χ0n) is 15.7. The first kappa shape index (κ1) is 20.6. The maximum Gasteiger partial charge on any atom is 0.329 e. The van der Waals surface area contributed by atoms with Crippen LogP contribution in [0, 0.1) is 17.7 Å². The molecule has 7 heteroatoms. The molecule has 1 saturated heterocycles. The Balaban J connectivity index is 2.14. The third kappa shape index (κ3) is 5.62. The monoisotopic (exact) mass is 382 g/mol. The van der Waals surface area contributed by atoms with E-state index in [2.05, 4.69) is 19.2 Å². The van der Waals surface area contributed by atoms with E-state index in [0.717, 1.165) is 6.42 Å². The molecule has 1 fully saturated rings. The summed E-state index contributed by atoms with van der Waals surface area (Å²) in [5.41, 5.74) is 0.365. The minimum absolute atomic E-state index is 0.111.